The maximum absolute atomic E-state index is 11.5. The van der Waals surface area contributed by atoms with Crippen molar-refractivity contribution in [2.75, 3.05) is 6.54 Å². The first-order valence-corrected chi connectivity index (χ1v) is 4.86. The summed E-state index contributed by atoms with van der Waals surface area (Å²) >= 11 is 0. The van der Waals surface area contributed by atoms with E-state index in [1.54, 1.807) is 0 Å². The van der Waals surface area contributed by atoms with Crippen LogP contribution in [-0.4, -0.2) is 17.3 Å². The zero-order valence-electron chi connectivity index (χ0n) is 9.00. The van der Waals surface area contributed by atoms with E-state index in [9.17, 15) is 14.9 Å². The number of carbonyl (C=O) groups excluding carboxylic acids is 1. The number of rotatable bonds is 2. The minimum Gasteiger partial charge on any atom is -0.300 e. The van der Waals surface area contributed by atoms with Gasteiger partial charge in [0.2, 0.25) is 6.54 Å². The summed E-state index contributed by atoms with van der Waals surface area (Å²) in [6.45, 7) is 5.75. The van der Waals surface area contributed by atoms with E-state index in [1.165, 1.54) is 0 Å². The normalized spacial score (nSPS) is 31.5. The van der Waals surface area contributed by atoms with Gasteiger partial charge in [0, 0.05) is 23.2 Å². The van der Waals surface area contributed by atoms with Crippen molar-refractivity contribution in [1.82, 2.24) is 0 Å². The molecule has 0 aromatic carbocycles. The highest BCUT2D eigenvalue weighted by molar-refractivity contribution is 5.80. The van der Waals surface area contributed by atoms with Crippen molar-refractivity contribution in [1.29, 1.82) is 0 Å². The van der Waals surface area contributed by atoms with Gasteiger partial charge in [-0.25, -0.2) is 0 Å². The van der Waals surface area contributed by atoms with Crippen LogP contribution in [0, 0.1) is 20.9 Å². The standard InChI is InChI=1S/C10H17NO3/c1-9(2)4-8(12)5-10(3,6-9)7-11(13)14/h4-7H2,1-3H3/t10-/m0/s1. The molecule has 0 aromatic rings. The highest BCUT2D eigenvalue weighted by Gasteiger charge is 2.43. The smallest absolute Gasteiger partial charge is 0.209 e. The Morgan fingerprint density at radius 1 is 1.36 bits per heavy atom. The van der Waals surface area contributed by atoms with Crippen LogP contribution < -0.4 is 0 Å². The molecule has 1 aliphatic rings. The summed E-state index contributed by atoms with van der Waals surface area (Å²) in [4.78, 5) is 21.6. The lowest BCUT2D eigenvalue weighted by Crippen LogP contribution is -2.40. The van der Waals surface area contributed by atoms with E-state index < -0.39 is 5.41 Å². The largest absolute Gasteiger partial charge is 0.300 e. The molecule has 1 fully saturated rings. The van der Waals surface area contributed by atoms with E-state index >= 15 is 0 Å². The Morgan fingerprint density at radius 2 is 1.93 bits per heavy atom. The van der Waals surface area contributed by atoms with E-state index in [0.29, 0.717) is 12.8 Å². The third kappa shape index (κ3) is 2.79. The van der Waals surface area contributed by atoms with Crippen molar-refractivity contribution in [3.63, 3.8) is 0 Å². The van der Waals surface area contributed by atoms with Crippen LogP contribution in [0.25, 0.3) is 0 Å². The predicted molar refractivity (Wildman–Crippen MR) is 52.6 cm³/mol. The average molecular weight is 199 g/mol. The van der Waals surface area contributed by atoms with Gasteiger partial charge >= 0.3 is 0 Å². The van der Waals surface area contributed by atoms with Gasteiger partial charge in [0.05, 0.1) is 0 Å². The number of hydrogen-bond acceptors (Lipinski definition) is 3. The molecular weight excluding hydrogens is 182 g/mol. The molecule has 0 saturated heterocycles. The van der Waals surface area contributed by atoms with Crippen LogP contribution in [0.1, 0.15) is 40.0 Å². The maximum atomic E-state index is 11.5. The summed E-state index contributed by atoms with van der Waals surface area (Å²) < 4.78 is 0. The van der Waals surface area contributed by atoms with E-state index in [2.05, 4.69) is 0 Å². The molecule has 0 N–H and O–H groups in total. The van der Waals surface area contributed by atoms with Gasteiger partial charge in [-0.15, -0.1) is 0 Å². The first-order chi connectivity index (χ1) is 6.22. The van der Waals surface area contributed by atoms with Crippen molar-refractivity contribution in [2.45, 2.75) is 40.0 Å². The summed E-state index contributed by atoms with van der Waals surface area (Å²) in [6.07, 6.45) is 1.67. The lowest BCUT2D eigenvalue weighted by molar-refractivity contribution is -0.497. The van der Waals surface area contributed by atoms with Crippen LogP contribution >= 0.6 is 0 Å². The summed E-state index contributed by atoms with van der Waals surface area (Å²) in [7, 11) is 0. The Hall–Kier alpha value is -0.930. The van der Waals surface area contributed by atoms with E-state index in [-0.39, 0.29) is 22.7 Å². The zero-order chi connectivity index (χ0) is 11.0. The number of carbonyl (C=O) groups is 1. The molecule has 4 nitrogen and oxygen atoms in total. The van der Waals surface area contributed by atoms with Crippen LogP contribution in [-0.2, 0) is 4.79 Å². The maximum Gasteiger partial charge on any atom is 0.209 e. The summed E-state index contributed by atoms with van der Waals surface area (Å²) in [5, 5.41) is 10.5. The van der Waals surface area contributed by atoms with Gasteiger partial charge in [-0.2, -0.15) is 0 Å². The van der Waals surface area contributed by atoms with Gasteiger partial charge in [-0.1, -0.05) is 20.8 Å². The first-order valence-electron chi connectivity index (χ1n) is 4.86. The molecule has 1 saturated carbocycles. The molecule has 80 valence electrons. The Kier molecular flexibility index (Phi) is 2.65. The van der Waals surface area contributed by atoms with Crippen molar-refractivity contribution in [2.24, 2.45) is 10.8 Å². The van der Waals surface area contributed by atoms with Crippen LogP contribution in [0.5, 0.6) is 0 Å². The van der Waals surface area contributed by atoms with Crippen molar-refractivity contribution in [3.05, 3.63) is 10.1 Å². The summed E-state index contributed by atoms with van der Waals surface area (Å²) in [5.41, 5.74) is -0.525. The lowest BCUT2D eigenvalue weighted by atomic mass is 9.64. The Bertz CT molecular complexity index is 269. The minimum absolute atomic E-state index is 0.0832. The van der Waals surface area contributed by atoms with Gasteiger partial charge in [0.1, 0.15) is 5.78 Å². The van der Waals surface area contributed by atoms with Crippen LogP contribution in [0.2, 0.25) is 0 Å². The summed E-state index contributed by atoms with van der Waals surface area (Å²) in [6, 6.07) is 0. The van der Waals surface area contributed by atoms with Crippen LogP contribution in [0.3, 0.4) is 0 Å². The Balaban J connectivity index is 2.78. The second-order valence-electron chi connectivity index (χ2n) is 5.53. The number of ketones is 1. The Morgan fingerprint density at radius 3 is 2.36 bits per heavy atom. The van der Waals surface area contributed by atoms with E-state index in [0.717, 1.165) is 6.42 Å². The van der Waals surface area contributed by atoms with Gasteiger partial charge < -0.3 is 0 Å². The van der Waals surface area contributed by atoms with Gasteiger partial charge in [-0.3, -0.25) is 14.9 Å². The van der Waals surface area contributed by atoms with Crippen LogP contribution in [0.4, 0.5) is 0 Å². The molecule has 4 heteroatoms. The lowest BCUT2D eigenvalue weighted by Gasteiger charge is -2.39. The fraction of sp³-hybridized carbons (Fsp3) is 0.900. The quantitative estimate of drug-likeness (QED) is 0.505. The second-order valence-corrected chi connectivity index (χ2v) is 5.53. The molecule has 1 rings (SSSR count). The fourth-order valence-corrected chi connectivity index (χ4v) is 2.78. The highest BCUT2D eigenvalue weighted by Crippen LogP contribution is 2.44. The molecule has 0 unspecified atom stereocenters. The fourth-order valence-electron chi connectivity index (χ4n) is 2.78. The van der Waals surface area contributed by atoms with Gasteiger partial charge in [0.15, 0.2) is 0 Å². The molecule has 0 bridgehead atoms. The second kappa shape index (κ2) is 3.33. The van der Waals surface area contributed by atoms with Gasteiger partial charge in [0.25, 0.3) is 0 Å². The molecule has 1 aliphatic carbocycles. The van der Waals surface area contributed by atoms with E-state index in [4.69, 9.17) is 0 Å². The van der Waals surface area contributed by atoms with Crippen molar-refractivity contribution in [3.8, 4) is 0 Å². The topological polar surface area (TPSA) is 60.2 Å². The molecular formula is C10H17NO3. The number of hydrogen-bond donors (Lipinski definition) is 0. The number of nitro groups is 1. The molecule has 0 amide bonds. The Labute approximate surface area is 83.8 Å². The average Bonchev–Trinajstić information content (AvgIpc) is 1.74. The van der Waals surface area contributed by atoms with Gasteiger partial charge in [-0.05, 0) is 11.8 Å². The zero-order valence-corrected chi connectivity index (χ0v) is 9.00. The summed E-state index contributed by atoms with van der Waals surface area (Å²) in [5.74, 6) is 0.158. The SMILES string of the molecule is CC1(C)CC(=O)C[C@](C)(C[N+](=O)[O-])C1. The molecule has 0 spiro atoms. The third-order valence-electron chi connectivity index (χ3n) is 2.72. The molecule has 14 heavy (non-hydrogen) atoms. The predicted octanol–water partition coefficient (Wildman–Crippen LogP) is 2.05. The monoisotopic (exact) mass is 199 g/mol. The van der Waals surface area contributed by atoms with E-state index in [1.807, 2.05) is 20.8 Å². The highest BCUT2D eigenvalue weighted by atomic mass is 16.6. The van der Waals surface area contributed by atoms with Crippen molar-refractivity contribution < 1.29 is 9.72 Å². The molecule has 0 heterocycles. The van der Waals surface area contributed by atoms with Crippen molar-refractivity contribution >= 4 is 5.78 Å². The molecule has 0 aliphatic heterocycles. The molecule has 1 atom stereocenters. The van der Waals surface area contributed by atoms with Crippen LogP contribution in [0.15, 0.2) is 0 Å². The number of Topliss-reactive ketones (excluding diaryl/α,β-unsaturated/α-hetero) is 1. The molecule has 0 radical (unpaired) electrons. The first kappa shape index (κ1) is 11.1. The third-order valence-corrected chi connectivity index (χ3v) is 2.72. The molecule has 0 aromatic heterocycles. The minimum atomic E-state index is -0.442. The number of nitrogens with zero attached hydrogens (tertiary/aromatic N) is 1.